The van der Waals surface area contributed by atoms with Crippen molar-refractivity contribution in [1.29, 1.82) is 0 Å². The number of methoxy groups -OCH3 is 1. The molecule has 0 fully saturated rings. The summed E-state index contributed by atoms with van der Waals surface area (Å²) in [5.74, 6) is -1.54. The maximum Gasteiger partial charge on any atom is 0.298 e. The van der Waals surface area contributed by atoms with Crippen LogP contribution in [0.5, 0.6) is 5.75 Å². The molecule has 1 aliphatic rings. The topological polar surface area (TPSA) is 82.9 Å². The third-order valence-electron chi connectivity index (χ3n) is 5.03. The number of aliphatic hydroxyl groups is 2. The standard InChI is InChI=1S/C23H18ClFN2O4/c1-31-18-7-6-15(21(25)20(18)14-3-2-4-16(24)10-14)9-13-5-8-19(26-11-13)27-12-17(28)22(29)23(27)30/h2-8,10-11,28-29H,9,12H2,1H3. The van der Waals surface area contributed by atoms with E-state index >= 15 is 4.39 Å². The molecule has 0 aliphatic carbocycles. The molecule has 158 valence electrons. The first-order valence-corrected chi connectivity index (χ1v) is 9.76. The van der Waals surface area contributed by atoms with E-state index < -0.39 is 23.2 Å². The summed E-state index contributed by atoms with van der Waals surface area (Å²) < 4.78 is 20.8. The van der Waals surface area contributed by atoms with Crippen LogP contribution in [0.2, 0.25) is 5.02 Å². The number of benzene rings is 2. The molecule has 0 saturated carbocycles. The van der Waals surface area contributed by atoms with E-state index in [2.05, 4.69) is 4.98 Å². The van der Waals surface area contributed by atoms with Crippen LogP contribution in [0.15, 0.2) is 66.2 Å². The van der Waals surface area contributed by atoms with Crippen molar-refractivity contribution in [1.82, 2.24) is 4.98 Å². The van der Waals surface area contributed by atoms with E-state index in [0.717, 1.165) is 10.5 Å². The summed E-state index contributed by atoms with van der Waals surface area (Å²) in [6.07, 6.45) is 1.79. The molecule has 0 bridgehead atoms. The second-order valence-corrected chi connectivity index (χ2v) is 7.45. The SMILES string of the molecule is COc1ccc(Cc2ccc(N3CC(O)=C(O)C3=O)nc2)c(F)c1-c1cccc(Cl)c1. The predicted molar refractivity (Wildman–Crippen MR) is 115 cm³/mol. The number of amides is 1. The number of carbonyl (C=O) groups excluding carboxylic acids is 1. The number of rotatable bonds is 5. The van der Waals surface area contributed by atoms with E-state index in [-0.39, 0.29) is 18.8 Å². The molecule has 0 saturated heterocycles. The number of pyridine rings is 1. The van der Waals surface area contributed by atoms with Gasteiger partial charge in [0.1, 0.15) is 17.4 Å². The fourth-order valence-corrected chi connectivity index (χ4v) is 3.64. The molecule has 0 spiro atoms. The number of hydrogen-bond acceptors (Lipinski definition) is 5. The number of anilines is 1. The number of aliphatic hydroxyl groups excluding tert-OH is 2. The van der Waals surface area contributed by atoms with Crippen molar-refractivity contribution in [2.24, 2.45) is 0 Å². The van der Waals surface area contributed by atoms with E-state index in [1.165, 1.54) is 13.3 Å². The molecule has 3 aromatic rings. The van der Waals surface area contributed by atoms with Gasteiger partial charge in [-0.25, -0.2) is 9.37 Å². The largest absolute Gasteiger partial charge is 0.507 e. The molecule has 2 aromatic carbocycles. The normalized spacial score (nSPS) is 13.8. The molecule has 2 N–H and O–H groups in total. The van der Waals surface area contributed by atoms with E-state index in [1.54, 1.807) is 48.5 Å². The van der Waals surface area contributed by atoms with Crippen LogP contribution in [0, 0.1) is 5.82 Å². The Morgan fingerprint density at radius 2 is 2.00 bits per heavy atom. The molecule has 2 heterocycles. The molecule has 6 nitrogen and oxygen atoms in total. The highest BCUT2D eigenvalue weighted by atomic mass is 35.5. The van der Waals surface area contributed by atoms with Crippen molar-refractivity contribution in [2.75, 3.05) is 18.6 Å². The lowest BCUT2D eigenvalue weighted by Gasteiger charge is -2.15. The highest BCUT2D eigenvalue weighted by Gasteiger charge is 2.32. The summed E-state index contributed by atoms with van der Waals surface area (Å²) >= 11 is 6.08. The number of nitrogens with zero attached hydrogens (tertiary/aromatic N) is 2. The van der Waals surface area contributed by atoms with Crippen molar-refractivity contribution in [3.05, 3.63) is 88.2 Å². The number of aromatic nitrogens is 1. The Kier molecular flexibility index (Phi) is 5.52. The molecule has 4 rings (SSSR count). The molecule has 0 atom stereocenters. The number of hydrogen-bond donors (Lipinski definition) is 2. The Hall–Kier alpha value is -3.58. The van der Waals surface area contributed by atoms with Crippen molar-refractivity contribution < 1.29 is 24.1 Å². The zero-order valence-electron chi connectivity index (χ0n) is 16.5. The molecule has 8 heteroatoms. The lowest BCUT2D eigenvalue weighted by Crippen LogP contribution is -2.27. The summed E-state index contributed by atoms with van der Waals surface area (Å²) in [4.78, 5) is 17.3. The Labute approximate surface area is 182 Å². The molecule has 0 radical (unpaired) electrons. The van der Waals surface area contributed by atoms with Crippen LogP contribution < -0.4 is 9.64 Å². The van der Waals surface area contributed by atoms with Crippen LogP contribution in [0.25, 0.3) is 11.1 Å². The van der Waals surface area contributed by atoms with Gasteiger partial charge >= 0.3 is 0 Å². The lowest BCUT2D eigenvalue weighted by molar-refractivity contribution is -0.116. The highest BCUT2D eigenvalue weighted by Crippen LogP contribution is 2.36. The fourth-order valence-electron chi connectivity index (χ4n) is 3.45. The molecule has 31 heavy (non-hydrogen) atoms. The van der Waals surface area contributed by atoms with Gasteiger partial charge < -0.3 is 14.9 Å². The van der Waals surface area contributed by atoms with Gasteiger partial charge in [0.15, 0.2) is 5.76 Å². The number of halogens is 2. The first kappa shape index (κ1) is 20.7. The van der Waals surface area contributed by atoms with Gasteiger partial charge in [-0.2, -0.15) is 0 Å². The van der Waals surface area contributed by atoms with Crippen LogP contribution >= 0.6 is 11.6 Å². The molecular formula is C23H18ClFN2O4. The second-order valence-electron chi connectivity index (χ2n) is 7.01. The van der Waals surface area contributed by atoms with Gasteiger partial charge in [0.2, 0.25) is 5.76 Å². The second kappa shape index (κ2) is 8.28. The van der Waals surface area contributed by atoms with Crippen LogP contribution in [-0.4, -0.2) is 34.8 Å². The first-order chi connectivity index (χ1) is 14.9. The Morgan fingerprint density at radius 1 is 1.19 bits per heavy atom. The highest BCUT2D eigenvalue weighted by molar-refractivity contribution is 6.30. The van der Waals surface area contributed by atoms with Gasteiger partial charge in [0, 0.05) is 17.6 Å². The van der Waals surface area contributed by atoms with Crippen molar-refractivity contribution in [2.45, 2.75) is 6.42 Å². The zero-order chi connectivity index (χ0) is 22.1. The molecule has 1 aliphatic heterocycles. The van der Waals surface area contributed by atoms with Gasteiger partial charge in [-0.1, -0.05) is 35.9 Å². The van der Waals surface area contributed by atoms with Crippen molar-refractivity contribution in [3.8, 4) is 16.9 Å². The lowest BCUT2D eigenvalue weighted by atomic mass is 9.97. The van der Waals surface area contributed by atoms with Crippen molar-refractivity contribution >= 4 is 23.3 Å². The van der Waals surface area contributed by atoms with Gasteiger partial charge in [-0.15, -0.1) is 0 Å². The maximum atomic E-state index is 15.4. The first-order valence-electron chi connectivity index (χ1n) is 9.38. The minimum absolute atomic E-state index is 0.146. The third-order valence-corrected chi connectivity index (χ3v) is 5.26. The average Bonchev–Trinajstić information content (AvgIpc) is 3.02. The summed E-state index contributed by atoms with van der Waals surface area (Å²) in [6.45, 7) is -0.146. The quantitative estimate of drug-likeness (QED) is 0.594. The summed E-state index contributed by atoms with van der Waals surface area (Å²) in [5.41, 5.74) is 2.10. The van der Waals surface area contributed by atoms with Crippen LogP contribution in [0.1, 0.15) is 11.1 Å². The van der Waals surface area contributed by atoms with Crippen LogP contribution in [0.3, 0.4) is 0 Å². The average molecular weight is 441 g/mol. The molecule has 1 aromatic heterocycles. The maximum absolute atomic E-state index is 15.4. The Balaban J connectivity index is 1.62. The minimum atomic E-state index is -0.717. The third kappa shape index (κ3) is 3.92. The van der Waals surface area contributed by atoms with Crippen molar-refractivity contribution in [3.63, 3.8) is 0 Å². The van der Waals surface area contributed by atoms with Gasteiger partial charge in [0.05, 0.1) is 19.2 Å². The molecular weight excluding hydrogens is 423 g/mol. The van der Waals surface area contributed by atoms with E-state index in [4.69, 9.17) is 16.3 Å². The monoisotopic (exact) mass is 440 g/mol. The summed E-state index contributed by atoms with van der Waals surface area (Å²) in [5, 5.41) is 19.5. The zero-order valence-corrected chi connectivity index (χ0v) is 17.2. The van der Waals surface area contributed by atoms with Gasteiger partial charge in [-0.05, 0) is 41.0 Å². The molecule has 1 amide bonds. The fraction of sp³-hybridized carbons (Fsp3) is 0.130. The number of carbonyl (C=O) groups is 1. The Morgan fingerprint density at radius 3 is 2.61 bits per heavy atom. The van der Waals surface area contributed by atoms with Crippen LogP contribution in [-0.2, 0) is 11.2 Å². The number of ether oxygens (including phenoxy) is 1. The van der Waals surface area contributed by atoms with E-state index in [9.17, 15) is 15.0 Å². The summed E-state index contributed by atoms with van der Waals surface area (Å²) in [6, 6.07) is 13.6. The molecule has 0 unspecified atom stereocenters. The van der Waals surface area contributed by atoms with Gasteiger partial charge in [0.25, 0.3) is 5.91 Å². The summed E-state index contributed by atoms with van der Waals surface area (Å²) in [7, 11) is 1.48. The van der Waals surface area contributed by atoms with E-state index in [0.29, 0.717) is 27.5 Å². The van der Waals surface area contributed by atoms with Crippen LogP contribution in [0.4, 0.5) is 10.2 Å². The minimum Gasteiger partial charge on any atom is -0.507 e. The van der Waals surface area contributed by atoms with Gasteiger partial charge in [-0.3, -0.25) is 9.69 Å². The van der Waals surface area contributed by atoms with E-state index in [1.807, 2.05) is 0 Å². The smallest absolute Gasteiger partial charge is 0.298 e. The Bertz CT molecular complexity index is 1190. The predicted octanol–water partition coefficient (Wildman–Crippen LogP) is 4.81.